The van der Waals surface area contributed by atoms with Crippen LogP contribution in [0.5, 0.6) is 0 Å². The molecular weight excluding hydrogens is 390 g/mol. The Morgan fingerprint density at radius 2 is 1.96 bits per heavy atom. The van der Waals surface area contributed by atoms with Gasteiger partial charge in [0.2, 0.25) is 0 Å². The number of nitrogens with zero attached hydrogens (tertiary/aromatic N) is 1. The second-order valence-electron chi connectivity index (χ2n) is 6.55. The average Bonchev–Trinajstić information content (AvgIpc) is 3.37. The minimum absolute atomic E-state index is 0.0992. The lowest BCUT2D eigenvalue weighted by molar-refractivity contribution is 0.0949. The Morgan fingerprint density at radius 3 is 2.75 bits per heavy atom. The Balaban J connectivity index is 1.45. The molecule has 0 unspecified atom stereocenters. The third kappa shape index (κ3) is 4.79. The van der Waals surface area contributed by atoms with Crippen molar-refractivity contribution in [3.8, 4) is 0 Å². The van der Waals surface area contributed by atoms with E-state index in [1.165, 1.54) is 0 Å². The molecule has 2 N–H and O–H groups in total. The van der Waals surface area contributed by atoms with Crippen LogP contribution in [0.4, 0.5) is 5.69 Å². The molecule has 5 nitrogen and oxygen atoms in total. The molecule has 0 aliphatic heterocycles. The molecule has 2 aromatic carbocycles. The zero-order valence-electron chi connectivity index (χ0n) is 15.1. The third-order valence-electron chi connectivity index (χ3n) is 4.29. The summed E-state index contributed by atoms with van der Waals surface area (Å²) in [7, 11) is 0. The van der Waals surface area contributed by atoms with E-state index in [2.05, 4.69) is 15.6 Å². The third-order valence-corrected chi connectivity index (χ3v) is 6.03. The van der Waals surface area contributed by atoms with Gasteiger partial charge in [-0.15, -0.1) is 23.1 Å². The van der Waals surface area contributed by atoms with E-state index in [1.807, 2.05) is 29.6 Å². The molecule has 1 heterocycles. The summed E-state index contributed by atoms with van der Waals surface area (Å²) < 4.78 is 0. The molecule has 4 rings (SSSR count). The van der Waals surface area contributed by atoms with Crippen LogP contribution >= 0.6 is 23.1 Å². The molecule has 0 radical (unpaired) electrons. The standard InChI is InChI=1S/C21H19N3O2S2/c25-20(23-15-8-9-15)14-4-3-5-16(10-14)24-21(26)18-6-1-2-7-19(18)28-12-17-11-27-13-22-17/h1-7,10-11,13,15H,8-9,12H2,(H,23,25)(H,24,26). The molecule has 1 fully saturated rings. The summed E-state index contributed by atoms with van der Waals surface area (Å²) in [4.78, 5) is 30.2. The Kier molecular flexibility index (Phi) is 5.73. The molecule has 1 aromatic heterocycles. The second kappa shape index (κ2) is 8.58. The van der Waals surface area contributed by atoms with Crippen LogP contribution in [0.3, 0.4) is 0 Å². The number of carbonyl (C=O) groups excluding carboxylic acids is 2. The molecule has 7 heteroatoms. The number of nitrogens with one attached hydrogen (secondary N) is 2. The molecule has 0 bridgehead atoms. The Bertz CT molecular complexity index is 985. The lowest BCUT2D eigenvalue weighted by atomic mass is 10.1. The second-order valence-corrected chi connectivity index (χ2v) is 8.28. The molecule has 2 amide bonds. The first-order chi connectivity index (χ1) is 13.7. The fourth-order valence-corrected chi connectivity index (χ4v) is 4.29. The number of anilines is 1. The predicted octanol–water partition coefficient (Wildman–Crippen LogP) is 4.58. The maximum atomic E-state index is 12.8. The molecule has 3 aromatic rings. The van der Waals surface area contributed by atoms with Gasteiger partial charge in [0, 0.05) is 33.3 Å². The van der Waals surface area contributed by atoms with Crippen LogP contribution in [-0.4, -0.2) is 22.8 Å². The van der Waals surface area contributed by atoms with E-state index in [0.717, 1.165) is 23.4 Å². The summed E-state index contributed by atoms with van der Waals surface area (Å²) in [6.45, 7) is 0. The molecule has 1 aliphatic rings. The smallest absolute Gasteiger partial charge is 0.256 e. The predicted molar refractivity (Wildman–Crippen MR) is 113 cm³/mol. The maximum absolute atomic E-state index is 12.8. The molecule has 0 spiro atoms. The topological polar surface area (TPSA) is 71.1 Å². The first-order valence-electron chi connectivity index (χ1n) is 9.00. The zero-order chi connectivity index (χ0) is 19.3. The zero-order valence-corrected chi connectivity index (χ0v) is 16.7. The van der Waals surface area contributed by atoms with E-state index >= 15 is 0 Å². The Hall–Kier alpha value is -2.64. The van der Waals surface area contributed by atoms with Crippen molar-refractivity contribution in [1.29, 1.82) is 0 Å². The highest BCUT2D eigenvalue weighted by Gasteiger charge is 2.24. The van der Waals surface area contributed by atoms with Gasteiger partial charge in [0.25, 0.3) is 11.8 Å². The van der Waals surface area contributed by atoms with Crippen LogP contribution < -0.4 is 10.6 Å². The fourth-order valence-electron chi connectivity index (χ4n) is 2.67. The molecule has 28 heavy (non-hydrogen) atoms. The van der Waals surface area contributed by atoms with Crippen molar-refractivity contribution < 1.29 is 9.59 Å². The number of aromatic nitrogens is 1. The molecule has 0 atom stereocenters. The minimum atomic E-state index is -0.193. The number of hydrogen-bond acceptors (Lipinski definition) is 5. The number of carbonyl (C=O) groups is 2. The van der Waals surface area contributed by atoms with Crippen molar-refractivity contribution >= 4 is 40.6 Å². The number of benzene rings is 2. The number of rotatable bonds is 7. The van der Waals surface area contributed by atoms with Crippen LogP contribution in [-0.2, 0) is 5.75 Å². The lowest BCUT2D eigenvalue weighted by Crippen LogP contribution is -2.25. The SMILES string of the molecule is O=C(NC1CC1)c1cccc(NC(=O)c2ccccc2SCc2cscn2)c1. The number of thiazole rings is 1. The number of hydrogen-bond donors (Lipinski definition) is 2. The van der Waals surface area contributed by atoms with Crippen LogP contribution in [0.15, 0.2) is 64.3 Å². The lowest BCUT2D eigenvalue weighted by Gasteiger charge is -2.11. The molecular formula is C21H19N3O2S2. The molecule has 0 saturated heterocycles. The van der Waals surface area contributed by atoms with Gasteiger partial charge in [-0.3, -0.25) is 9.59 Å². The minimum Gasteiger partial charge on any atom is -0.349 e. The van der Waals surface area contributed by atoms with E-state index in [0.29, 0.717) is 28.6 Å². The maximum Gasteiger partial charge on any atom is 0.256 e. The van der Waals surface area contributed by atoms with Gasteiger partial charge in [0.15, 0.2) is 0 Å². The monoisotopic (exact) mass is 409 g/mol. The van der Waals surface area contributed by atoms with Crippen molar-refractivity contribution in [2.75, 3.05) is 5.32 Å². The summed E-state index contributed by atoms with van der Waals surface area (Å²) in [5, 5.41) is 7.88. The van der Waals surface area contributed by atoms with Gasteiger partial charge in [-0.1, -0.05) is 18.2 Å². The molecule has 1 aliphatic carbocycles. The Morgan fingerprint density at radius 1 is 1.11 bits per heavy atom. The van der Waals surface area contributed by atoms with Crippen LogP contribution in [0, 0.1) is 0 Å². The molecule has 142 valence electrons. The summed E-state index contributed by atoms with van der Waals surface area (Å²) in [5.41, 5.74) is 4.57. The van der Waals surface area contributed by atoms with Gasteiger partial charge in [-0.25, -0.2) is 4.98 Å². The van der Waals surface area contributed by atoms with Gasteiger partial charge >= 0.3 is 0 Å². The highest BCUT2D eigenvalue weighted by molar-refractivity contribution is 7.98. The van der Waals surface area contributed by atoms with E-state index in [9.17, 15) is 9.59 Å². The number of amides is 2. The van der Waals surface area contributed by atoms with Crippen LogP contribution in [0.1, 0.15) is 39.3 Å². The summed E-state index contributed by atoms with van der Waals surface area (Å²) in [6.07, 6.45) is 2.08. The highest BCUT2D eigenvalue weighted by atomic mass is 32.2. The first kappa shape index (κ1) is 18.7. The molecule has 1 saturated carbocycles. The van der Waals surface area contributed by atoms with Crippen molar-refractivity contribution in [2.24, 2.45) is 0 Å². The van der Waals surface area contributed by atoms with Gasteiger partial charge in [-0.05, 0) is 43.2 Å². The number of thioether (sulfide) groups is 1. The summed E-state index contributed by atoms with van der Waals surface area (Å²) >= 11 is 3.15. The largest absolute Gasteiger partial charge is 0.349 e. The van der Waals surface area contributed by atoms with E-state index in [1.54, 1.807) is 52.9 Å². The van der Waals surface area contributed by atoms with Gasteiger partial charge < -0.3 is 10.6 Å². The Labute approximate surface area is 171 Å². The van der Waals surface area contributed by atoms with E-state index in [-0.39, 0.29) is 11.8 Å². The normalized spacial score (nSPS) is 13.1. The average molecular weight is 410 g/mol. The summed E-state index contributed by atoms with van der Waals surface area (Å²) in [6, 6.07) is 14.8. The van der Waals surface area contributed by atoms with Gasteiger partial charge in [0.05, 0.1) is 16.8 Å². The van der Waals surface area contributed by atoms with Crippen molar-refractivity contribution in [3.63, 3.8) is 0 Å². The van der Waals surface area contributed by atoms with Gasteiger partial charge in [-0.2, -0.15) is 0 Å². The van der Waals surface area contributed by atoms with Crippen molar-refractivity contribution in [1.82, 2.24) is 10.3 Å². The fraction of sp³-hybridized carbons (Fsp3) is 0.190. The first-order valence-corrected chi connectivity index (χ1v) is 10.9. The van der Waals surface area contributed by atoms with Crippen LogP contribution in [0.25, 0.3) is 0 Å². The van der Waals surface area contributed by atoms with E-state index in [4.69, 9.17) is 0 Å². The van der Waals surface area contributed by atoms with E-state index < -0.39 is 0 Å². The summed E-state index contributed by atoms with van der Waals surface area (Å²) in [5.74, 6) is 0.420. The van der Waals surface area contributed by atoms with Gasteiger partial charge in [0.1, 0.15) is 0 Å². The van der Waals surface area contributed by atoms with Crippen LogP contribution in [0.2, 0.25) is 0 Å². The van der Waals surface area contributed by atoms with Crippen molar-refractivity contribution in [3.05, 3.63) is 76.2 Å². The quantitative estimate of drug-likeness (QED) is 0.561. The van der Waals surface area contributed by atoms with Crippen molar-refractivity contribution in [2.45, 2.75) is 29.5 Å². The highest BCUT2D eigenvalue weighted by Crippen LogP contribution is 2.27.